The van der Waals surface area contributed by atoms with Crippen molar-refractivity contribution in [2.75, 3.05) is 47.5 Å². The molecule has 0 heterocycles. The maximum absolute atomic E-state index is 13.0. The van der Waals surface area contributed by atoms with E-state index in [1.165, 1.54) is 379 Å². The lowest BCUT2D eigenvalue weighted by molar-refractivity contribution is -0.870. The molecule has 0 saturated heterocycles. The Balaban J connectivity index is 3.91. The van der Waals surface area contributed by atoms with Gasteiger partial charge in [0.2, 0.25) is 0 Å². The van der Waals surface area contributed by atoms with E-state index in [1.54, 1.807) is 0 Å². The molecule has 0 aliphatic carbocycles. The molecular weight excluding hydrogens is 1200 g/mol. The monoisotopic (exact) mass is 1370 g/mol. The van der Waals surface area contributed by atoms with E-state index >= 15 is 0 Å². The van der Waals surface area contributed by atoms with Crippen LogP contribution >= 0.6 is 0 Å². The number of carboxylic acid groups (broad SMARTS) is 1. The molecule has 97 heavy (non-hydrogen) atoms. The Morgan fingerprint density at radius 1 is 0.309 bits per heavy atom. The molecule has 2 atom stereocenters. The molecule has 0 bridgehead atoms. The maximum atomic E-state index is 13.0. The first-order chi connectivity index (χ1) is 47.6. The van der Waals surface area contributed by atoms with Crippen molar-refractivity contribution in [2.45, 2.75) is 463 Å². The summed E-state index contributed by atoms with van der Waals surface area (Å²) in [7, 11) is 5.96. The van der Waals surface area contributed by atoms with E-state index in [-0.39, 0.29) is 32.2 Å². The largest absolute Gasteiger partial charge is 0.545 e. The summed E-state index contributed by atoms with van der Waals surface area (Å²) < 4.78 is 22.9. The second kappa shape index (κ2) is 79.2. The molecule has 572 valence electrons. The Hall–Kier alpha value is -2.49. The molecule has 2 unspecified atom stereocenters. The quantitative estimate of drug-likeness (QED) is 0.0195. The molecule has 0 aromatic rings. The molecule has 0 rings (SSSR count). The number of hydrogen-bond acceptors (Lipinski definition) is 8. The highest BCUT2D eigenvalue weighted by molar-refractivity contribution is 5.70. The second-order valence-corrected chi connectivity index (χ2v) is 30.8. The number of esters is 2. The molecule has 0 aromatic carbocycles. The van der Waals surface area contributed by atoms with Crippen LogP contribution < -0.4 is 5.11 Å². The zero-order valence-electron chi connectivity index (χ0n) is 65.7. The van der Waals surface area contributed by atoms with Gasteiger partial charge in [0.15, 0.2) is 12.4 Å². The van der Waals surface area contributed by atoms with Crippen LogP contribution in [0.25, 0.3) is 0 Å². The van der Waals surface area contributed by atoms with Crippen LogP contribution in [0, 0.1) is 0 Å². The molecule has 0 aliphatic rings. The van der Waals surface area contributed by atoms with Gasteiger partial charge in [-0.05, 0) is 70.6 Å². The van der Waals surface area contributed by atoms with Crippen LogP contribution in [-0.2, 0) is 33.3 Å². The van der Waals surface area contributed by atoms with Crippen molar-refractivity contribution in [3.05, 3.63) is 36.5 Å². The SMILES string of the molecule is CCCCCCC/C=C\C/C=C\CCCCCCCCCCCCCCCCCCCCCCCC(=O)OC(COC(=O)CCCCCCCCCCCCCCCCCCCCCCCCCCCCC/C=C\CCCCCCCCCC)COC(OCC[N+](C)(C)C)C(=O)[O-]. The first kappa shape index (κ1) is 94.5. The van der Waals surface area contributed by atoms with Crippen LogP contribution in [0.2, 0.25) is 0 Å². The second-order valence-electron chi connectivity index (χ2n) is 30.8. The summed E-state index contributed by atoms with van der Waals surface area (Å²) in [5.41, 5.74) is 0. The summed E-state index contributed by atoms with van der Waals surface area (Å²) in [5, 5.41) is 11.9. The van der Waals surface area contributed by atoms with Gasteiger partial charge in [-0.3, -0.25) is 9.59 Å². The predicted molar refractivity (Wildman–Crippen MR) is 417 cm³/mol. The van der Waals surface area contributed by atoms with Crippen LogP contribution in [0.15, 0.2) is 36.5 Å². The normalized spacial score (nSPS) is 12.7. The van der Waals surface area contributed by atoms with E-state index in [4.69, 9.17) is 18.9 Å². The van der Waals surface area contributed by atoms with E-state index in [1.807, 2.05) is 21.1 Å². The fourth-order valence-electron chi connectivity index (χ4n) is 13.3. The van der Waals surface area contributed by atoms with Crippen LogP contribution in [0.5, 0.6) is 0 Å². The molecule has 0 N–H and O–H groups in total. The number of ether oxygens (including phenoxy) is 4. The van der Waals surface area contributed by atoms with Gasteiger partial charge in [-0.2, -0.15) is 0 Å². The van der Waals surface area contributed by atoms with Crippen molar-refractivity contribution in [1.82, 2.24) is 0 Å². The van der Waals surface area contributed by atoms with Crippen molar-refractivity contribution >= 4 is 17.9 Å². The third-order valence-electron chi connectivity index (χ3n) is 19.9. The summed E-state index contributed by atoms with van der Waals surface area (Å²) in [6.45, 7) is 4.82. The lowest BCUT2D eigenvalue weighted by atomic mass is 10.0. The van der Waals surface area contributed by atoms with E-state index < -0.39 is 24.3 Å². The topological polar surface area (TPSA) is 111 Å². The molecule has 0 fully saturated rings. The van der Waals surface area contributed by atoms with E-state index in [0.717, 1.165) is 44.9 Å². The van der Waals surface area contributed by atoms with Crippen molar-refractivity contribution in [2.24, 2.45) is 0 Å². The third-order valence-corrected chi connectivity index (χ3v) is 19.9. The molecular formula is C88H167NO8. The first-order valence-electron chi connectivity index (χ1n) is 43.1. The molecule has 0 aromatic heterocycles. The number of carbonyl (C=O) groups is 3. The predicted octanol–water partition coefficient (Wildman–Crippen LogP) is 26.5. The average Bonchev–Trinajstić information content (AvgIpc) is 2.59. The fourth-order valence-corrected chi connectivity index (χ4v) is 13.3. The van der Waals surface area contributed by atoms with Gasteiger partial charge in [0.25, 0.3) is 0 Å². The number of likely N-dealkylation sites (N-methyl/N-ethyl adjacent to an activating group) is 1. The number of hydrogen-bond donors (Lipinski definition) is 0. The van der Waals surface area contributed by atoms with Crippen molar-refractivity contribution in [3.63, 3.8) is 0 Å². The van der Waals surface area contributed by atoms with Crippen molar-refractivity contribution in [3.8, 4) is 0 Å². The molecule has 0 amide bonds. The Labute approximate surface area is 604 Å². The summed E-state index contributed by atoms with van der Waals surface area (Å²) in [4.78, 5) is 37.7. The van der Waals surface area contributed by atoms with Crippen LogP contribution in [0.1, 0.15) is 450 Å². The highest BCUT2D eigenvalue weighted by Gasteiger charge is 2.22. The summed E-state index contributed by atoms with van der Waals surface area (Å²) in [6.07, 6.45) is 100. The number of carbonyl (C=O) groups excluding carboxylic acids is 3. The average molecular weight is 1370 g/mol. The number of rotatable bonds is 82. The Morgan fingerprint density at radius 3 is 0.825 bits per heavy atom. The lowest BCUT2D eigenvalue weighted by Gasteiger charge is -2.26. The molecule has 0 spiro atoms. The Kier molecular flexibility index (Phi) is 77.2. The number of aliphatic carboxylic acids is 1. The summed E-state index contributed by atoms with van der Waals surface area (Å²) in [6, 6.07) is 0. The number of unbranched alkanes of at least 4 members (excludes halogenated alkanes) is 61. The zero-order valence-corrected chi connectivity index (χ0v) is 65.7. The number of nitrogens with zero attached hydrogens (tertiary/aromatic N) is 1. The Bertz CT molecular complexity index is 1690. The highest BCUT2D eigenvalue weighted by atomic mass is 16.7. The smallest absolute Gasteiger partial charge is 0.306 e. The van der Waals surface area contributed by atoms with Gasteiger partial charge in [-0.1, -0.05) is 403 Å². The van der Waals surface area contributed by atoms with Crippen molar-refractivity contribution in [1.29, 1.82) is 0 Å². The molecule has 9 heteroatoms. The summed E-state index contributed by atoms with van der Waals surface area (Å²) >= 11 is 0. The minimum Gasteiger partial charge on any atom is -0.545 e. The van der Waals surface area contributed by atoms with Gasteiger partial charge in [0.1, 0.15) is 13.2 Å². The number of carboxylic acids is 1. The first-order valence-corrected chi connectivity index (χ1v) is 43.1. The summed E-state index contributed by atoms with van der Waals surface area (Å²) in [5.74, 6) is -2.24. The Morgan fingerprint density at radius 2 is 0.557 bits per heavy atom. The maximum Gasteiger partial charge on any atom is 0.306 e. The standard InChI is InChI=1S/C88H167NO8/c1-6-8-10-12-14-16-18-20-22-24-26-28-30-32-34-36-38-40-41-42-43-44-45-47-48-50-52-54-56-58-60-62-64-66-68-70-72-74-76-78-85(90)95-82-84(83-96-88(87(92)93)94-81-80-89(3,4)5)97-86(91)79-77-75-73-71-69-67-65-63-61-59-57-55-53-51-49-46-39-37-35-33-31-29-27-25-23-21-19-17-15-13-11-9-7-2/h19,21,24-27,84,88H,6-18,20,22-23,28-83H2,1-5H3/b21-19-,26-24-,27-25-. The van der Waals surface area contributed by atoms with Gasteiger partial charge < -0.3 is 33.3 Å². The van der Waals surface area contributed by atoms with E-state index in [2.05, 4.69) is 50.3 Å². The van der Waals surface area contributed by atoms with Gasteiger partial charge in [0.05, 0.1) is 40.3 Å². The van der Waals surface area contributed by atoms with E-state index in [9.17, 15) is 19.5 Å². The zero-order chi connectivity index (χ0) is 70.4. The molecule has 0 radical (unpaired) electrons. The lowest BCUT2D eigenvalue weighted by Crippen LogP contribution is -2.44. The fraction of sp³-hybridized carbons (Fsp3) is 0.898. The van der Waals surface area contributed by atoms with E-state index in [0.29, 0.717) is 17.4 Å². The van der Waals surface area contributed by atoms with Crippen molar-refractivity contribution < 1.29 is 42.9 Å². The van der Waals surface area contributed by atoms with Crippen LogP contribution in [0.4, 0.5) is 0 Å². The minimum absolute atomic E-state index is 0.151. The number of quaternary nitrogens is 1. The number of allylic oxidation sites excluding steroid dienone is 6. The third kappa shape index (κ3) is 80.7. The molecule has 0 aliphatic heterocycles. The minimum atomic E-state index is -1.62. The van der Waals surface area contributed by atoms with Crippen LogP contribution in [0.3, 0.4) is 0 Å². The van der Waals surface area contributed by atoms with Gasteiger partial charge >= 0.3 is 11.9 Å². The van der Waals surface area contributed by atoms with Gasteiger partial charge in [-0.25, -0.2) is 0 Å². The van der Waals surface area contributed by atoms with Crippen LogP contribution in [-0.4, -0.2) is 82.3 Å². The molecule has 9 nitrogen and oxygen atoms in total. The van der Waals surface area contributed by atoms with Gasteiger partial charge in [0, 0.05) is 12.8 Å². The molecule has 0 saturated carbocycles. The highest BCUT2D eigenvalue weighted by Crippen LogP contribution is 2.21. The van der Waals surface area contributed by atoms with Gasteiger partial charge in [-0.15, -0.1) is 0 Å².